The van der Waals surface area contributed by atoms with Gasteiger partial charge in [-0.1, -0.05) is 30.3 Å². The average Bonchev–Trinajstić information content (AvgIpc) is 2.28. The maximum absolute atomic E-state index is 11.1. The zero-order chi connectivity index (χ0) is 10.9. The summed E-state index contributed by atoms with van der Waals surface area (Å²) in [7, 11) is 0. The van der Waals surface area contributed by atoms with Crippen molar-refractivity contribution in [1.29, 1.82) is 0 Å². The Morgan fingerprint density at radius 2 is 2.07 bits per heavy atom. The fourth-order valence-corrected chi connectivity index (χ4v) is 1.08. The molecule has 0 saturated heterocycles. The number of carbonyl (C=O) groups excluding carboxylic acids is 1. The van der Waals surface area contributed by atoms with Crippen molar-refractivity contribution in [3.05, 3.63) is 35.9 Å². The Bertz CT molecular complexity index is 287. The zero-order valence-electron chi connectivity index (χ0n) is 8.48. The Morgan fingerprint density at radius 1 is 1.33 bits per heavy atom. The summed E-state index contributed by atoms with van der Waals surface area (Å²) < 4.78 is 5.01. The van der Waals surface area contributed by atoms with Crippen LogP contribution in [0.2, 0.25) is 0 Å². The summed E-state index contributed by atoms with van der Waals surface area (Å²) in [6, 6.07) is 9.52. The van der Waals surface area contributed by atoms with Gasteiger partial charge in [0.05, 0.1) is 13.2 Å². The van der Waals surface area contributed by atoms with Crippen LogP contribution >= 0.6 is 0 Å². The van der Waals surface area contributed by atoms with Crippen molar-refractivity contribution in [1.82, 2.24) is 5.32 Å². The number of benzene rings is 1. The third-order valence-electron chi connectivity index (χ3n) is 1.86. The molecule has 0 saturated carbocycles. The number of rotatable bonds is 6. The predicted molar refractivity (Wildman–Crippen MR) is 55.9 cm³/mol. The molecule has 4 nitrogen and oxygen atoms in total. The monoisotopic (exact) mass is 209 g/mol. The summed E-state index contributed by atoms with van der Waals surface area (Å²) in [5, 5.41) is 11.1. The van der Waals surface area contributed by atoms with E-state index in [0.717, 1.165) is 5.56 Å². The summed E-state index contributed by atoms with van der Waals surface area (Å²) in [4.78, 5) is 11.1. The van der Waals surface area contributed by atoms with Gasteiger partial charge in [0.2, 0.25) is 0 Å². The molecule has 1 aromatic rings. The molecule has 0 radical (unpaired) electrons. The van der Waals surface area contributed by atoms with Crippen LogP contribution in [0, 0.1) is 0 Å². The van der Waals surface area contributed by atoms with Crippen molar-refractivity contribution < 1.29 is 14.6 Å². The Balaban J connectivity index is 2.17. The van der Waals surface area contributed by atoms with Crippen LogP contribution in [0.5, 0.6) is 0 Å². The number of ether oxygens (including phenoxy) is 1. The molecule has 0 atom stereocenters. The SMILES string of the molecule is O=C(CCNCO)OCc1ccccc1. The van der Waals surface area contributed by atoms with Gasteiger partial charge in [-0.25, -0.2) is 0 Å². The second-order valence-corrected chi connectivity index (χ2v) is 3.05. The minimum Gasteiger partial charge on any atom is -0.461 e. The Hall–Kier alpha value is -1.39. The highest BCUT2D eigenvalue weighted by Gasteiger charge is 2.01. The topological polar surface area (TPSA) is 58.6 Å². The van der Waals surface area contributed by atoms with Gasteiger partial charge in [0.1, 0.15) is 6.61 Å². The molecule has 0 bridgehead atoms. The number of carbonyl (C=O) groups is 1. The molecule has 0 aliphatic rings. The van der Waals surface area contributed by atoms with Crippen LogP contribution in [0.25, 0.3) is 0 Å². The molecular formula is C11H15NO3. The molecule has 0 aromatic heterocycles. The van der Waals surface area contributed by atoms with Gasteiger partial charge in [-0.15, -0.1) is 0 Å². The fraction of sp³-hybridized carbons (Fsp3) is 0.364. The molecule has 0 aliphatic heterocycles. The first kappa shape index (κ1) is 11.7. The Labute approximate surface area is 88.9 Å². The van der Waals surface area contributed by atoms with Crippen LogP contribution in [0.3, 0.4) is 0 Å². The van der Waals surface area contributed by atoms with E-state index in [1.807, 2.05) is 30.3 Å². The summed E-state index contributed by atoms with van der Waals surface area (Å²) >= 11 is 0. The van der Waals surface area contributed by atoms with Crippen molar-refractivity contribution >= 4 is 5.97 Å². The van der Waals surface area contributed by atoms with Crippen LogP contribution in [0.15, 0.2) is 30.3 Å². The van der Waals surface area contributed by atoms with Crippen LogP contribution in [0.4, 0.5) is 0 Å². The summed E-state index contributed by atoms with van der Waals surface area (Å²) in [5.41, 5.74) is 0.973. The van der Waals surface area contributed by atoms with Gasteiger partial charge in [0, 0.05) is 6.54 Å². The van der Waals surface area contributed by atoms with E-state index >= 15 is 0 Å². The lowest BCUT2D eigenvalue weighted by Crippen LogP contribution is -2.19. The van der Waals surface area contributed by atoms with Crippen molar-refractivity contribution in [3.63, 3.8) is 0 Å². The van der Waals surface area contributed by atoms with Gasteiger partial charge in [-0.3, -0.25) is 10.1 Å². The quantitative estimate of drug-likeness (QED) is 0.410. The zero-order valence-corrected chi connectivity index (χ0v) is 8.48. The number of aliphatic hydroxyl groups excluding tert-OH is 1. The molecule has 0 spiro atoms. The van der Waals surface area contributed by atoms with Gasteiger partial charge >= 0.3 is 5.97 Å². The second kappa shape index (κ2) is 6.98. The maximum Gasteiger partial charge on any atom is 0.307 e. The molecule has 15 heavy (non-hydrogen) atoms. The highest BCUT2D eigenvalue weighted by Crippen LogP contribution is 2.01. The van der Waals surface area contributed by atoms with E-state index in [-0.39, 0.29) is 19.1 Å². The summed E-state index contributed by atoms with van der Waals surface area (Å²) in [6.45, 7) is 0.620. The van der Waals surface area contributed by atoms with E-state index in [1.54, 1.807) is 0 Å². The minimum absolute atomic E-state index is 0.119. The summed E-state index contributed by atoms with van der Waals surface area (Å²) in [5.74, 6) is -0.264. The molecule has 1 aromatic carbocycles. The Morgan fingerprint density at radius 3 is 2.73 bits per heavy atom. The first-order chi connectivity index (χ1) is 7.33. The van der Waals surface area contributed by atoms with Crippen LogP contribution in [-0.4, -0.2) is 24.4 Å². The van der Waals surface area contributed by atoms with Crippen LogP contribution in [0.1, 0.15) is 12.0 Å². The van der Waals surface area contributed by atoms with E-state index in [4.69, 9.17) is 9.84 Å². The standard InChI is InChI=1S/C11H15NO3/c13-9-12-7-6-11(14)15-8-10-4-2-1-3-5-10/h1-5,12-13H,6-9H2. The molecule has 82 valence electrons. The molecule has 4 heteroatoms. The molecular weight excluding hydrogens is 194 g/mol. The third-order valence-corrected chi connectivity index (χ3v) is 1.86. The molecule has 1 rings (SSSR count). The lowest BCUT2D eigenvalue weighted by atomic mass is 10.2. The fourth-order valence-electron chi connectivity index (χ4n) is 1.08. The van der Waals surface area contributed by atoms with Gasteiger partial charge in [-0.2, -0.15) is 0 Å². The summed E-state index contributed by atoms with van der Waals surface area (Å²) in [6.07, 6.45) is 0.271. The van der Waals surface area contributed by atoms with E-state index in [9.17, 15) is 4.79 Å². The second-order valence-electron chi connectivity index (χ2n) is 3.05. The van der Waals surface area contributed by atoms with E-state index in [0.29, 0.717) is 13.2 Å². The molecule has 0 heterocycles. The molecule has 0 amide bonds. The number of hydrogen-bond acceptors (Lipinski definition) is 4. The average molecular weight is 209 g/mol. The molecule has 0 unspecified atom stereocenters. The number of hydrogen-bond donors (Lipinski definition) is 2. The maximum atomic E-state index is 11.1. The van der Waals surface area contributed by atoms with Crippen molar-refractivity contribution in [3.8, 4) is 0 Å². The van der Waals surface area contributed by atoms with Crippen molar-refractivity contribution in [2.24, 2.45) is 0 Å². The van der Waals surface area contributed by atoms with Gasteiger partial charge in [0.25, 0.3) is 0 Å². The van der Waals surface area contributed by atoms with E-state index < -0.39 is 0 Å². The van der Waals surface area contributed by atoms with Gasteiger partial charge < -0.3 is 9.84 Å². The highest BCUT2D eigenvalue weighted by atomic mass is 16.5. The number of esters is 1. The predicted octanol–water partition coefficient (Wildman–Crippen LogP) is 0.659. The molecule has 2 N–H and O–H groups in total. The third kappa shape index (κ3) is 5.15. The minimum atomic E-state index is -0.264. The highest BCUT2D eigenvalue weighted by molar-refractivity contribution is 5.69. The lowest BCUT2D eigenvalue weighted by Gasteiger charge is -2.04. The lowest BCUT2D eigenvalue weighted by molar-refractivity contribution is -0.144. The largest absolute Gasteiger partial charge is 0.461 e. The van der Waals surface area contributed by atoms with Crippen molar-refractivity contribution in [2.45, 2.75) is 13.0 Å². The van der Waals surface area contributed by atoms with Gasteiger partial charge in [0.15, 0.2) is 0 Å². The normalized spacial score (nSPS) is 9.93. The van der Waals surface area contributed by atoms with E-state index in [1.165, 1.54) is 0 Å². The van der Waals surface area contributed by atoms with Crippen LogP contribution in [-0.2, 0) is 16.1 Å². The number of aliphatic hydroxyl groups is 1. The van der Waals surface area contributed by atoms with Crippen LogP contribution < -0.4 is 5.32 Å². The smallest absolute Gasteiger partial charge is 0.307 e. The molecule has 0 fully saturated rings. The Kier molecular flexibility index (Phi) is 5.43. The molecule has 0 aliphatic carbocycles. The number of nitrogens with one attached hydrogen (secondary N) is 1. The first-order valence-corrected chi connectivity index (χ1v) is 4.84. The van der Waals surface area contributed by atoms with Gasteiger partial charge in [-0.05, 0) is 5.56 Å². The van der Waals surface area contributed by atoms with E-state index in [2.05, 4.69) is 5.32 Å². The van der Waals surface area contributed by atoms with Crippen molar-refractivity contribution in [2.75, 3.05) is 13.3 Å². The first-order valence-electron chi connectivity index (χ1n) is 4.84.